The van der Waals surface area contributed by atoms with Crippen molar-refractivity contribution in [3.63, 3.8) is 0 Å². The molecule has 0 saturated carbocycles. The number of thioether (sulfide) groups is 1. The number of halogens is 1. The Balaban J connectivity index is 2.03. The van der Waals surface area contributed by atoms with Gasteiger partial charge in [0.25, 0.3) is 0 Å². The molecule has 2 aromatic rings. The number of ketones is 1. The standard InChI is InChI=1S/C13H12FN3O2S2/c1-7(18)15-9-3-4-10(11(14)5-9)12(19)6-20-13-17-16-8(2)21-13/h3-5H,6H2,1-2H3,(H,15,18). The molecule has 0 radical (unpaired) electrons. The number of aromatic nitrogens is 2. The number of benzene rings is 1. The molecule has 1 heterocycles. The molecular formula is C13H12FN3O2S2. The average Bonchev–Trinajstić information content (AvgIpc) is 2.81. The summed E-state index contributed by atoms with van der Waals surface area (Å²) in [6.07, 6.45) is 0. The molecule has 5 nitrogen and oxygen atoms in total. The van der Waals surface area contributed by atoms with Crippen LogP contribution in [0.4, 0.5) is 10.1 Å². The maximum atomic E-state index is 13.9. The highest BCUT2D eigenvalue weighted by Crippen LogP contribution is 2.24. The van der Waals surface area contributed by atoms with Crippen LogP contribution in [0.1, 0.15) is 22.3 Å². The Bertz CT molecular complexity index is 688. The van der Waals surface area contributed by atoms with Gasteiger partial charge in [0.05, 0.1) is 11.3 Å². The van der Waals surface area contributed by atoms with Gasteiger partial charge in [-0.05, 0) is 25.1 Å². The van der Waals surface area contributed by atoms with E-state index in [-0.39, 0.29) is 23.0 Å². The molecule has 1 aromatic carbocycles. The van der Waals surface area contributed by atoms with E-state index in [1.54, 1.807) is 0 Å². The molecule has 0 bridgehead atoms. The SMILES string of the molecule is CC(=O)Nc1ccc(C(=O)CSc2nnc(C)s2)c(F)c1. The number of amides is 1. The fourth-order valence-electron chi connectivity index (χ4n) is 1.56. The summed E-state index contributed by atoms with van der Waals surface area (Å²) < 4.78 is 14.6. The number of anilines is 1. The lowest BCUT2D eigenvalue weighted by atomic mass is 10.1. The van der Waals surface area contributed by atoms with Crippen LogP contribution in [0.15, 0.2) is 22.5 Å². The van der Waals surface area contributed by atoms with E-state index < -0.39 is 5.82 Å². The zero-order valence-electron chi connectivity index (χ0n) is 11.3. The summed E-state index contributed by atoms with van der Waals surface area (Å²) in [5.41, 5.74) is 0.321. The lowest BCUT2D eigenvalue weighted by Crippen LogP contribution is -2.09. The Morgan fingerprint density at radius 2 is 2.14 bits per heavy atom. The first kappa shape index (κ1) is 15.6. The second-order valence-electron chi connectivity index (χ2n) is 4.17. The monoisotopic (exact) mass is 325 g/mol. The van der Waals surface area contributed by atoms with Crippen LogP contribution in [0.3, 0.4) is 0 Å². The van der Waals surface area contributed by atoms with E-state index in [1.165, 1.54) is 42.2 Å². The summed E-state index contributed by atoms with van der Waals surface area (Å²) in [4.78, 5) is 22.9. The number of hydrogen-bond acceptors (Lipinski definition) is 6. The fourth-order valence-corrected chi connectivity index (χ4v) is 3.26. The van der Waals surface area contributed by atoms with Crippen molar-refractivity contribution in [2.45, 2.75) is 18.2 Å². The highest BCUT2D eigenvalue weighted by Gasteiger charge is 2.14. The van der Waals surface area contributed by atoms with Crippen molar-refractivity contribution < 1.29 is 14.0 Å². The summed E-state index contributed by atoms with van der Waals surface area (Å²) in [6, 6.07) is 4.00. The number of carbonyl (C=O) groups excluding carboxylic acids is 2. The first-order valence-corrected chi connectivity index (χ1v) is 7.79. The Hall–Kier alpha value is -1.80. The number of rotatable bonds is 5. The molecule has 2 rings (SSSR count). The normalized spacial score (nSPS) is 10.4. The van der Waals surface area contributed by atoms with E-state index in [1.807, 2.05) is 6.92 Å². The summed E-state index contributed by atoms with van der Waals surface area (Å²) >= 11 is 2.61. The van der Waals surface area contributed by atoms with Crippen LogP contribution in [-0.4, -0.2) is 27.6 Å². The van der Waals surface area contributed by atoms with Crippen LogP contribution in [0, 0.1) is 12.7 Å². The Morgan fingerprint density at radius 1 is 1.38 bits per heavy atom. The average molecular weight is 325 g/mol. The summed E-state index contributed by atoms with van der Waals surface area (Å²) in [5.74, 6) is -1.19. The number of carbonyl (C=O) groups is 2. The number of Topliss-reactive ketones (excluding diaryl/α,β-unsaturated/α-hetero) is 1. The maximum absolute atomic E-state index is 13.9. The van der Waals surface area contributed by atoms with Crippen molar-refractivity contribution in [2.24, 2.45) is 0 Å². The molecule has 0 spiro atoms. The highest BCUT2D eigenvalue weighted by molar-refractivity contribution is 8.01. The van der Waals surface area contributed by atoms with Gasteiger partial charge in [-0.15, -0.1) is 10.2 Å². The smallest absolute Gasteiger partial charge is 0.221 e. The van der Waals surface area contributed by atoms with Crippen LogP contribution >= 0.6 is 23.1 Å². The van der Waals surface area contributed by atoms with E-state index in [0.29, 0.717) is 10.0 Å². The molecule has 0 aliphatic rings. The molecule has 0 fully saturated rings. The van der Waals surface area contributed by atoms with Crippen molar-refractivity contribution in [3.05, 3.63) is 34.6 Å². The minimum atomic E-state index is -0.653. The van der Waals surface area contributed by atoms with Crippen LogP contribution < -0.4 is 5.32 Å². The quantitative estimate of drug-likeness (QED) is 0.676. The molecule has 1 N–H and O–H groups in total. The van der Waals surface area contributed by atoms with Crippen LogP contribution in [-0.2, 0) is 4.79 Å². The molecule has 0 unspecified atom stereocenters. The van der Waals surface area contributed by atoms with E-state index in [4.69, 9.17) is 0 Å². The van der Waals surface area contributed by atoms with Crippen molar-refractivity contribution in [2.75, 3.05) is 11.1 Å². The summed E-state index contributed by atoms with van der Waals surface area (Å²) in [5, 5.41) is 11.0. The largest absolute Gasteiger partial charge is 0.326 e. The second-order valence-corrected chi connectivity index (χ2v) is 6.58. The van der Waals surface area contributed by atoms with Crippen molar-refractivity contribution in [1.29, 1.82) is 0 Å². The Kier molecular flexibility index (Phi) is 5.03. The second kappa shape index (κ2) is 6.77. The predicted octanol–water partition coefficient (Wildman–Crippen LogP) is 2.92. The van der Waals surface area contributed by atoms with Crippen LogP contribution in [0.5, 0.6) is 0 Å². The van der Waals surface area contributed by atoms with Crippen molar-refractivity contribution in [3.8, 4) is 0 Å². The zero-order valence-corrected chi connectivity index (χ0v) is 13.0. The van der Waals surface area contributed by atoms with Crippen molar-refractivity contribution in [1.82, 2.24) is 10.2 Å². The lowest BCUT2D eigenvalue weighted by Gasteiger charge is -2.05. The molecule has 21 heavy (non-hydrogen) atoms. The van der Waals surface area contributed by atoms with Gasteiger partial charge in [-0.1, -0.05) is 23.1 Å². The van der Waals surface area contributed by atoms with Gasteiger partial charge in [0.15, 0.2) is 10.1 Å². The van der Waals surface area contributed by atoms with Gasteiger partial charge in [0, 0.05) is 12.6 Å². The Labute approximate surface area is 129 Å². The number of nitrogens with one attached hydrogen (secondary N) is 1. The van der Waals surface area contributed by atoms with E-state index in [9.17, 15) is 14.0 Å². The fraction of sp³-hybridized carbons (Fsp3) is 0.231. The van der Waals surface area contributed by atoms with Gasteiger partial charge in [-0.25, -0.2) is 4.39 Å². The molecule has 0 atom stereocenters. The molecule has 110 valence electrons. The van der Waals surface area contributed by atoms with Crippen LogP contribution in [0.2, 0.25) is 0 Å². The van der Waals surface area contributed by atoms with Gasteiger partial charge in [-0.3, -0.25) is 9.59 Å². The topological polar surface area (TPSA) is 72.0 Å². The molecule has 0 saturated heterocycles. The first-order valence-electron chi connectivity index (χ1n) is 5.99. The third-order valence-corrected chi connectivity index (χ3v) is 4.40. The van der Waals surface area contributed by atoms with Crippen LogP contribution in [0.25, 0.3) is 0 Å². The number of nitrogens with zero attached hydrogens (tertiary/aromatic N) is 2. The number of hydrogen-bond donors (Lipinski definition) is 1. The third-order valence-electron chi connectivity index (χ3n) is 2.42. The van der Waals surface area contributed by atoms with E-state index >= 15 is 0 Å². The minimum absolute atomic E-state index is 0.00200. The first-order chi connectivity index (χ1) is 9.95. The van der Waals surface area contributed by atoms with Gasteiger partial charge < -0.3 is 5.32 Å². The van der Waals surface area contributed by atoms with Gasteiger partial charge in [-0.2, -0.15) is 0 Å². The van der Waals surface area contributed by atoms with Gasteiger partial charge in [0.2, 0.25) is 5.91 Å². The maximum Gasteiger partial charge on any atom is 0.221 e. The molecule has 1 aromatic heterocycles. The molecular weight excluding hydrogens is 313 g/mol. The Morgan fingerprint density at radius 3 is 2.71 bits per heavy atom. The lowest BCUT2D eigenvalue weighted by molar-refractivity contribution is -0.114. The van der Waals surface area contributed by atoms with Crippen molar-refractivity contribution >= 4 is 40.5 Å². The zero-order chi connectivity index (χ0) is 15.4. The molecule has 0 aliphatic carbocycles. The third kappa shape index (κ3) is 4.33. The minimum Gasteiger partial charge on any atom is -0.326 e. The van der Waals surface area contributed by atoms with Gasteiger partial charge in [0.1, 0.15) is 10.8 Å². The summed E-state index contributed by atoms with van der Waals surface area (Å²) in [6.45, 7) is 3.15. The molecule has 0 aliphatic heterocycles. The number of aryl methyl sites for hydroxylation is 1. The van der Waals surface area contributed by atoms with E-state index in [2.05, 4.69) is 15.5 Å². The highest BCUT2D eigenvalue weighted by atomic mass is 32.2. The molecule has 8 heteroatoms. The summed E-state index contributed by atoms with van der Waals surface area (Å²) in [7, 11) is 0. The molecule has 1 amide bonds. The van der Waals surface area contributed by atoms with E-state index in [0.717, 1.165) is 11.1 Å². The van der Waals surface area contributed by atoms with Gasteiger partial charge >= 0.3 is 0 Å². The predicted molar refractivity (Wildman–Crippen MR) is 80.4 cm³/mol.